The largest absolute Gasteiger partial charge is 0.478 e. The molecule has 0 saturated heterocycles. The molecule has 3 N–H and O–H groups in total. The molecule has 1 aromatic rings. The minimum Gasteiger partial charge on any atom is -0.478 e. The van der Waals surface area contributed by atoms with Gasteiger partial charge in [0.15, 0.2) is 0 Å². The summed E-state index contributed by atoms with van der Waals surface area (Å²) in [4.78, 5) is 9.98. The molecule has 0 unspecified atom stereocenters. The van der Waals surface area contributed by atoms with Crippen molar-refractivity contribution < 1.29 is 9.66 Å². The summed E-state index contributed by atoms with van der Waals surface area (Å²) in [6, 6.07) is 4.13. The number of hydrogen-bond donors (Lipinski definition) is 2. The fourth-order valence-corrected chi connectivity index (χ4v) is 1.07. The molecule has 1 aromatic carbocycles. The summed E-state index contributed by atoms with van der Waals surface area (Å²) in [5, 5.41) is 18.0. The van der Waals surface area contributed by atoms with E-state index in [-0.39, 0.29) is 17.3 Å². The topological polar surface area (TPSA) is 102 Å². The first-order chi connectivity index (χ1) is 7.06. The smallest absolute Gasteiger partial charge is 0.292 e. The quantitative estimate of drug-likeness (QED) is 0.259. The Balaban J connectivity index is 3.07. The second-order valence-corrected chi connectivity index (χ2v) is 2.79. The molecule has 80 valence electrons. The van der Waals surface area contributed by atoms with Crippen molar-refractivity contribution in [2.24, 2.45) is 0 Å². The van der Waals surface area contributed by atoms with Crippen molar-refractivity contribution in [3.8, 4) is 0 Å². The van der Waals surface area contributed by atoms with E-state index in [9.17, 15) is 10.1 Å². The molecule has 0 saturated carbocycles. The number of nitro groups is 1. The SMILES string of the molecule is CCOC(=N)c1ccc(N)c([N+](=O)[O-])c1. The average Bonchev–Trinajstić information content (AvgIpc) is 2.18. The summed E-state index contributed by atoms with van der Waals surface area (Å²) in [6.45, 7) is 2.08. The Kier molecular flexibility index (Phi) is 3.22. The molecule has 0 aliphatic carbocycles. The van der Waals surface area contributed by atoms with Gasteiger partial charge in [-0.1, -0.05) is 0 Å². The molecule has 0 bridgehead atoms. The third-order valence-corrected chi connectivity index (χ3v) is 1.78. The lowest BCUT2D eigenvalue weighted by Crippen LogP contribution is -2.06. The fraction of sp³-hybridized carbons (Fsp3) is 0.222. The second kappa shape index (κ2) is 4.41. The maximum atomic E-state index is 10.6. The zero-order chi connectivity index (χ0) is 11.4. The van der Waals surface area contributed by atoms with Gasteiger partial charge in [0.2, 0.25) is 5.90 Å². The van der Waals surface area contributed by atoms with Crippen LogP contribution in [-0.2, 0) is 4.74 Å². The number of nitrogens with two attached hydrogens (primary N) is 1. The molecule has 0 aromatic heterocycles. The molecule has 1 rings (SSSR count). The lowest BCUT2D eigenvalue weighted by Gasteiger charge is -2.05. The number of nitro benzene ring substituents is 1. The van der Waals surface area contributed by atoms with Gasteiger partial charge in [0.1, 0.15) is 5.69 Å². The van der Waals surface area contributed by atoms with Gasteiger partial charge in [-0.15, -0.1) is 0 Å². The normalized spacial score (nSPS) is 9.67. The second-order valence-electron chi connectivity index (χ2n) is 2.79. The fourth-order valence-electron chi connectivity index (χ4n) is 1.07. The number of hydrogen-bond acceptors (Lipinski definition) is 5. The van der Waals surface area contributed by atoms with Crippen molar-refractivity contribution in [1.82, 2.24) is 0 Å². The lowest BCUT2D eigenvalue weighted by atomic mass is 10.2. The highest BCUT2D eigenvalue weighted by Gasteiger charge is 2.14. The Morgan fingerprint density at radius 1 is 1.67 bits per heavy atom. The third kappa shape index (κ3) is 2.43. The van der Waals surface area contributed by atoms with Gasteiger partial charge in [-0.2, -0.15) is 0 Å². The first kappa shape index (κ1) is 11.0. The average molecular weight is 209 g/mol. The van der Waals surface area contributed by atoms with Crippen LogP contribution in [0.3, 0.4) is 0 Å². The van der Waals surface area contributed by atoms with Gasteiger partial charge in [-0.25, -0.2) is 0 Å². The standard InChI is InChI=1S/C9H11N3O3/c1-2-15-9(11)6-3-4-7(10)8(5-6)12(13)14/h3-5,11H,2,10H2,1H3. The summed E-state index contributed by atoms with van der Waals surface area (Å²) in [7, 11) is 0. The number of nitrogen functional groups attached to an aromatic ring is 1. The molecule has 0 heterocycles. The minimum atomic E-state index is -0.585. The van der Waals surface area contributed by atoms with Gasteiger partial charge in [-0.05, 0) is 19.1 Å². The van der Waals surface area contributed by atoms with E-state index in [0.29, 0.717) is 12.2 Å². The molecule has 15 heavy (non-hydrogen) atoms. The van der Waals surface area contributed by atoms with Crippen LogP contribution in [-0.4, -0.2) is 17.4 Å². The Morgan fingerprint density at radius 2 is 2.33 bits per heavy atom. The zero-order valence-electron chi connectivity index (χ0n) is 8.19. The molecule has 0 radical (unpaired) electrons. The molecular formula is C9H11N3O3. The highest BCUT2D eigenvalue weighted by molar-refractivity contribution is 5.93. The third-order valence-electron chi connectivity index (χ3n) is 1.78. The molecule has 0 fully saturated rings. The maximum Gasteiger partial charge on any atom is 0.292 e. The Labute approximate surface area is 86.3 Å². The van der Waals surface area contributed by atoms with Gasteiger partial charge in [-0.3, -0.25) is 15.5 Å². The van der Waals surface area contributed by atoms with Gasteiger partial charge in [0, 0.05) is 11.6 Å². The van der Waals surface area contributed by atoms with Crippen LogP contribution >= 0.6 is 0 Å². The molecule has 6 heteroatoms. The van der Waals surface area contributed by atoms with Crippen LogP contribution < -0.4 is 5.73 Å². The van der Waals surface area contributed by atoms with E-state index < -0.39 is 4.92 Å². The maximum absolute atomic E-state index is 10.6. The van der Waals surface area contributed by atoms with Crippen molar-refractivity contribution >= 4 is 17.3 Å². The highest BCUT2D eigenvalue weighted by atomic mass is 16.6. The van der Waals surface area contributed by atoms with Crippen LogP contribution in [0.1, 0.15) is 12.5 Å². The molecule has 0 amide bonds. The summed E-state index contributed by atoms with van der Waals surface area (Å²) in [6.07, 6.45) is 0. The first-order valence-electron chi connectivity index (χ1n) is 4.32. The van der Waals surface area contributed by atoms with Crippen molar-refractivity contribution in [2.45, 2.75) is 6.92 Å². The molecular weight excluding hydrogens is 198 g/mol. The number of nitrogens with zero attached hydrogens (tertiary/aromatic N) is 1. The molecule has 0 aliphatic heterocycles. The van der Waals surface area contributed by atoms with E-state index in [1.54, 1.807) is 6.92 Å². The zero-order valence-corrected chi connectivity index (χ0v) is 8.19. The van der Waals surface area contributed by atoms with Crippen LogP contribution in [0.15, 0.2) is 18.2 Å². The molecule has 0 aliphatic rings. The van der Waals surface area contributed by atoms with Crippen LogP contribution in [0.2, 0.25) is 0 Å². The summed E-state index contributed by atoms with van der Waals surface area (Å²) >= 11 is 0. The Bertz CT molecular complexity index is 404. The Morgan fingerprint density at radius 3 is 2.87 bits per heavy atom. The number of nitrogens with one attached hydrogen (secondary N) is 1. The first-order valence-corrected chi connectivity index (χ1v) is 4.32. The number of rotatable bonds is 3. The van der Waals surface area contributed by atoms with E-state index in [4.69, 9.17) is 15.9 Å². The van der Waals surface area contributed by atoms with Gasteiger partial charge < -0.3 is 10.5 Å². The minimum absolute atomic E-state index is 0.0769. The van der Waals surface area contributed by atoms with E-state index in [1.165, 1.54) is 18.2 Å². The molecule has 0 spiro atoms. The predicted octanol–water partition coefficient (Wildman–Crippen LogP) is 1.54. The van der Waals surface area contributed by atoms with Crippen molar-refractivity contribution in [1.29, 1.82) is 5.41 Å². The van der Waals surface area contributed by atoms with Crippen LogP contribution in [0.4, 0.5) is 11.4 Å². The van der Waals surface area contributed by atoms with Gasteiger partial charge in [0.25, 0.3) is 5.69 Å². The van der Waals surface area contributed by atoms with E-state index in [1.807, 2.05) is 0 Å². The molecule has 6 nitrogen and oxygen atoms in total. The summed E-state index contributed by atoms with van der Waals surface area (Å²) in [5.41, 5.74) is 5.62. The molecule has 0 atom stereocenters. The van der Waals surface area contributed by atoms with Crippen LogP contribution in [0.5, 0.6) is 0 Å². The predicted molar refractivity (Wildman–Crippen MR) is 56.0 cm³/mol. The van der Waals surface area contributed by atoms with Crippen molar-refractivity contribution in [2.75, 3.05) is 12.3 Å². The number of benzene rings is 1. The van der Waals surface area contributed by atoms with Crippen molar-refractivity contribution in [3.05, 3.63) is 33.9 Å². The lowest BCUT2D eigenvalue weighted by molar-refractivity contribution is -0.383. The monoisotopic (exact) mass is 209 g/mol. The van der Waals surface area contributed by atoms with Crippen molar-refractivity contribution in [3.63, 3.8) is 0 Å². The summed E-state index contributed by atoms with van der Waals surface area (Å²) < 4.78 is 4.92. The van der Waals surface area contributed by atoms with Crippen LogP contribution in [0, 0.1) is 15.5 Å². The highest BCUT2D eigenvalue weighted by Crippen LogP contribution is 2.22. The van der Waals surface area contributed by atoms with E-state index >= 15 is 0 Å². The summed E-state index contributed by atoms with van der Waals surface area (Å²) in [5.74, 6) is -0.0967. The van der Waals surface area contributed by atoms with Crippen LogP contribution in [0.25, 0.3) is 0 Å². The van der Waals surface area contributed by atoms with Gasteiger partial charge in [0.05, 0.1) is 11.5 Å². The van der Waals surface area contributed by atoms with Gasteiger partial charge >= 0.3 is 0 Å². The number of ether oxygens (including phenoxy) is 1. The number of anilines is 1. The van der Waals surface area contributed by atoms with E-state index in [0.717, 1.165) is 0 Å². The van der Waals surface area contributed by atoms with E-state index in [2.05, 4.69) is 0 Å². The Hall–Kier alpha value is -2.11.